The molecule has 128 valence electrons. The molecule has 1 aliphatic rings. The van der Waals surface area contributed by atoms with Crippen molar-refractivity contribution in [2.24, 2.45) is 0 Å². The number of nitrogens with one attached hydrogen (secondary N) is 1. The molecule has 2 rings (SSSR count). The fourth-order valence-corrected chi connectivity index (χ4v) is 2.54. The molecule has 24 heavy (non-hydrogen) atoms. The molecule has 0 aliphatic carbocycles. The molecule has 8 nitrogen and oxygen atoms in total. The van der Waals surface area contributed by atoms with Crippen molar-refractivity contribution in [2.45, 2.75) is 6.92 Å². The number of rotatable bonds is 6. The number of esters is 1. The van der Waals surface area contributed by atoms with Gasteiger partial charge >= 0.3 is 11.9 Å². The van der Waals surface area contributed by atoms with Gasteiger partial charge in [0, 0.05) is 6.54 Å². The maximum absolute atomic E-state index is 12.4. The summed E-state index contributed by atoms with van der Waals surface area (Å²) in [4.78, 5) is 37.1. The van der Waals surface area contributed by atoms with Crippen LogP contribution in [0.1, 0.15) is 15.9 Å². The van der Waals surface area contributed by atoms with Gasteiger partial charge in [0.25, 0.3) is 5.91 Å². The third kappa shape index (κ3) is 3.23. The van der Waals surface area contributed by atoms with Crippen LogP contribution < -0.4 is 5.32 Å². The second kappa shape index (κ2) is 7.14. The lowest BCUT2D eigenvalue weighted by molar-refractivity contribution is -0.136. The second-order valence-corrected chi connectivity index (χ2v) is 5.22. The molecule has 0 saturated carbocycles. The van der Waals surface area contributed by atoms with Gasteiger partial charge in [-0.2, -0.15) is 0 Å². The van der Waals surface area contributed by atoms with Gasteiger partial charge in [-0.15, -0.1) is 0 Å². The number of β-amino-alcohol motifs (C(OH)–C–C–N with tert-alkyl or cyclic N) is 1. The van der Waals surface area contributed by atoms with Crippen molar-refractivity contribution in [2.75, 3.05) is 32.1 Å². The van der Waals surface area contributed by atoms with Crippen LogP contribution in [-0.4, -0.2) is 59.8 Å². The SMILES string of the molecule is COC(=O)C1=C(Nc2cccc(C)c2C(=O)O)C(=O)N(CCO)C1. The maximum atomic E-state index is 12.4. The van der Waals surface area contributed by atoms with Gasteiger partial charge in [-0.25, -0.2) is 9.59 Å². The van der Waals surface area contributed by atoms with E-state index in [9.17, 15) is 19.5 Å². The Morgan fingerprint density at radius 3 is 2.67 bits per heavy atom. The number of carbonyl (C=O) groups excluding carboxylic acids is 2. The molecule has 3 N–H and O–H groups in total. The summed E-state index contributed by atoms with van der Waals surface area (Å²) in [6.07, 6.45) is 0. The van der Waals surface area contributed by atoms with E-state index in [1.165, 1.54) is 18.1 Å². The van der Waals surface area contributed by atoms with Crippen molar-refractivity contribution in [1.82, 2.24) is 4.90 Å². The van der Waals surface area contributed by atoms with Crippen molar-refractivity contribution >= 4 is 23.5 Å². The van der Waals surface area contributed by atoms with Gasteiger partial charge in [0.1, 0.15) is 5.70 Å². The molecule has 1 amide bonds. The van der Waals surface area contributed by atoms with E-state index in [0.717, 1.165) is 0 Å². The smallest absolute Gasteiger partial charge is 0.338 e. The molecule has 0 aromatic heterocycles. The molecule has 0 unspecified atom stereocenters. The minimum Gasteiger partial charge on any atom is -0.478 e. The number of carboxylic acid groups (broad SMARTS) is 1. The Kier molecular flexibility index (Phi) is 5.20. The van der Waals surface area contributed by atoms with Gasteiger partial charge in [-0.1, -0.05) is 12.1 Å². The average Bonchev–Trinajstić information content (AvgIpc) is 2.84. The highest BCUT2D eigenvalue weighted by atomic mass is 16.5. The molecule has 1 aliphatic heterocycles. The number of hydrogen-bond donors (Lipinski definition) is 3. The number of aromatic carboxylic acids is 1. The van der Waals surface area contributed by atoms with E-state index in [0.29, 0.717) is 5.56 Å². The largest absolute Gasteiger partial charge is 0.478 e. The number of aliphatic hydroxyl groups excluding tert-OH is 1. The number of ether oxygens (including phenoxy) is 1. The number of amides is 1. The van der Waals surface area contributed by atoms with Gasteiger partial charge in [0.2, 0.25) is 0 Å². The zero-order valence-electron chi connectivity index (χ0n) is 13.3. The van der Waals surface area contributed by atoms with E-state index in [-0.39, 0.29) is 42.2 Å². The Labute approximate surface area is 138 Å². The summed E-state index contributed by atoms with van der Waals surface area (Å²) in [7, 11) is 1.20. The number of aliphatic hydroxyl groups is 1. The van der Waals surface area contributed by atoms with Crippen molar-refractivity contribution in [3.8, 4) is 0 Å². The van der Waals surface area contributed by atoms with Gasteiger partial charge in [0.15, 0.2) is 0 Å². The van der Waals surface area contributed by atoms with E-state index in [1.807, 2.05) is 0 Å². The Balaban J connectivity index is 2.45. The monoisotopic (exact) mass is 334 g/mol. The summed E-state index contributed by atoms with van der Waals surface area (Å²) in [5.41, 5.74) is 0.795. The summed E-state index contributed by atoms with van der Waals surface area (Å²) in [6, 6.07) is 4.80. The molecular formula is C16H18N2O6. The summed E-state index contributed by atoms with van der Waals surface area (Å²) in [5, 5.41) is 21.2. The number of anilines is 1. The molecule has 1 heterocycles. The number of carbonyl (C=O) groups is 3. The summed E-state index contributed by atoms with van der Waals surface area (Å²) < 4.78 is 4.68. The standard InChI is InChI=1S/C16H18N2O6/c1-9-4-3-5-11(12(9)15(21)22)17-13-10(16(23)24-2)8-18(6-7-19)14(13)20/h3-5,17,19H,6-8H2,1-2H3,(H,21,22). The van der Waals surface area contributed by atoms with Crippen LogP contribution in [0.5, 0.6) is 0 Å². The Hall–Kier alpha value is -2.87. The Morgan fingerprint density at radius 2 is 2.08 bits per heavy atom. The first kappa shape index (κ1) is 17.5. The molecule has 0 saturated heterocycles. The minimum absolute atomic E-state index is 0.0113. The first-order valence-electron chi connectivity index (χ1n) is 7.22. The molecule has 8 heteroatoms. The van der Waals surface area contributed by atoms with Crippen LogP contribution in [0.25, 0.3) is 0 Å². The molecule has 0 radical (unpaired) electrons. The average molecular weight is 334 g/mol. The molecule has 0 fully saturated rings. The van der Waals surface area contributed by atoms with Crippen LogP contribution in [0, 0.1) is 6.92 Å². The lowest BCUT2D eigenvalue weighted by Gasteiger charge is -2.16. The highest BCUT2D eigenvalue weighted by Gasteiger charge is 2.35. The Morgan fingerprint density at radius 1 is 1.38 bits per heavy atom. The van der Waals surface area contributed by atoms with E-state index in [4.69, 9.17) is 5.11 Å². The predicted molar refractivity (Wildman–Crippen MR) is 84.5 cm³/mol. The van der Waals surface area contributed by atoms with Crippen LogP contribution in [0.15, 0.2) is 29.5 Å². The molecule has 0 atom stereocenters. The van der Waals surface area contributed by atoms with Gasteiger partial charge in [0.05, 0.1) is 37.1 Å². The zero-order valence-corrected chi connectivity index (χ0v) is 13.3. The molecule has 1 aromatic rings. The Bertz CT molecular complexity index is 725. The topological polar surface area (TPSA) is 116 Å². The highest BCUT2D eigenvalue weighted by molar-refractivity contribution is 6.09. The summed E-state index contributed by atoms with van der Waals surface area (Å²) in [6.45, 7) is 1.43. The molecule has 1 aromatic carbocycles. The van der Waals surface area contributed by atoms with E-state index in [2.05, 4.69) is 10.1 Å². The van der Waals surface area contributed by atoms with Gasteiger partial charge < -0.3 is 25.2 Å². The summed E-state index contributed by atoms with van der Waals surface area (Å²) >= 11 is 0. The fourth-order valence-electron chi connectivity index (χ4n) is 2.54. The highest BCUT2D eigenvalue weighted by Crippen LogP contribution is 2.26. The van der Waals surface area contributed by atoms with Gasteiger partial charge in [-0.3, -0.25) is 4.79 Å². The van der Waals surface area contributed by atoms with Crippen LogP contribution >= 0.6 is 0 Å². The normalized spacial score (nSPS) is 14.1. The van der Waals surface area contributed by atoms with Crippen LogP contribution in [0.2, 0.25) is 0 Å². The number of nitrogens with zero attached hydrogens (tertiary/aromatic N) is 1. The molecule has 0 spiro atoms. The third-order valence-electron chi connectivity index (χ3n) is 3.70. The number of benzene rings is 1. The second-order valence-electron chi connectivity index (χ2n) is 5.22. The third-order valence-corrected chi connectivity index (χ3v) is 3.70. The number of carboxylic acids is 1. The predicted octanol–water partition coefficient (Wildman–Crippen LogP) is 0.367. The first-order chi connectivity index (χ1) is 11.4. The zero-order chi connectivity index (χ0) is 17.9. The van der Waals surface area contributed by atoms with E-state index < -0.39 is 17.8 Å². The summed E-state index contributed by atoms with van der Waals surface area (Å²) in [5.74, 6) is -2.33. The number of hydrogen-bond acceptors (Lipinski definition) is 6. The van der Waals surface area contributed by atoms with E-state index >= 15 is 0 Å². The number of aryl methyl sites for hydroxylation is 1. The first-order valence-corrected chi connectivity index (χ1v) is 7.22. The van der Waals surface area contributed by atoms with Crippen molar-refractivity contribution < 1.29 is 29.3 Å². The van der Waals surface area contributed by atoms with Crippen LogP contribution in [0.4, 0.5) is 5.69 Å². The number of methoxy groups -OCH3 is 1. The quantitative estimate of drug-likeness (QED) is 0.643. The molecule has 0 bridgehead atoms. The lowest BCUT2D eigenvalue weighted by atomic mass is 10.1. The van der Waals surface area contributed by atoms with Crippen molar-refractivity contribution in [3.05, 3.63) is 40.6 Å². The van der Waals surface area contributed by atoms with E-state index in [1.54, 1.807) is 19.1 Å². The van der Waals surface area contributed by atoms with Crippen molar-refractivity contribution in [3.63, 3.8) is 0 Å². The van der Waals surface area contributed by atoms with Crippen LogP contribution in [-0.2, 0) is 14.3 Å². The van der Waals surface area contributed by atoms with Crippen molar-refractivity contribution in [1.29, 1.82) is 0 Å². The van der Waals surface area contributed by atoms with Crippen LogP contribution in [0.3, 0.4) is 0 Å². The van der Waals surface area contributed by atoms with Gasteiger partial charge in [-0.05, 0) is 18.6 Å². The molecular weight excluding hydrogens is 316 g/mol. The fraction of sp³-hybridized carbons (Fsp3) is 0.312. The lowest BCUT2D eigenvalue weighted by Crippen LogP contribution is -2.31. The maximum Gasteiger partial charge on any atom is 0.338 e. The minimum atomic E-state index is -1.14.